The number of nitrogens with two attached hydrogens (primary N) is 1. The molecule has 2 aliphatic rings. The van der Waals surface area contributed by atoms with Crippen molar-refractivity contribution in [1.82, 2.24) is 9.88 Å². The molecule has 18 heavy (non-hydrogen) atoms. The number of nitrogens with zero attached hydrogens (tertiary/aromatic N) is 2. The lowest BCUT2D eigenvalue weighted by Crippen LogP contribution is -2.36. The number of rotatable bonds is 4. The van der Waals surface area contributed by atoms with Crippen LogP contribution in [-0.2, 0) is 0 Å². The highest BCUT2D eigenvalue weighted by Gasteiger charge is 2.26. The van der Waals surface area contributed by atoms with Gasteiger partial charge >= 0.3 is 0 Å². The van der Waals surface area contributed by atoms with E-state index in [0.29, 0.717) is 5.92 Å². The Labute approximate surface area is 113 Å². The molecule has 0 radical (unpaired) electrons. The number of thiazole rings is 1. The Morgan fingerprint density at radius 1 is 1.22 bits per heavy atom. The van der Waals surface area contributed by atoms with Gasteiger partial charge in [0.05, 0.1) is 10.7 Å². The molecular formula is C14H23N3S. The monoisotopic (exact) mass is 265 g/mol. The van der Waals surface area contributed by atoms with Crippen LogP contribution in [0.25, 0.3) is 0 Å². The second-order valence-corrected chi connectivity index (χ2v) is 6.53. The predicted octanol–water partition coefficient (Wildman–Crippen LogP) is 2.55. The molecule has 100 valence electrons. The lowest BCUT2D eigenvalue weighted by molar-refractivity contribution is 0.217. The first-order valence-electron chi connectivity index (χ1n) is 7.24. The highest BCUT2D eigenvalue weighted by atomic mass is 32.1. The van der Waals surface area contributed by atoms with Crippen molar-refractivity contribution in [1.29, 1.82) is 0 Å². The van der Waals surface area contributed by atoms with E-state index in [2.05, 4.69) is 10.3 Å². The summed E-state index contributed by atoms with van der Waals surface area (Å²) in [4.78, 5) is 7.39. The molecule has 0 aromatic carbocycles. The van der Waals surface area contributed by atoms with Gasteiger partial charge in [-0.2, -0.15) is 0 Å². The maximum Gasteiger partial charge on any atom is 0.0960 e. The summed E-state index contributed by atoms with van der Waals surface area (Å²) in [5.74, 6) is 1.49. The van der Waals surface area contributed by atoms with Crippen molar-refractivity contribution in [3.05, 3.63) is 16.1 Å². The molecular weight excluding hydrogens is 242 g/mol. The van der Waals surface area contributed by atoms with Crippen molar-refractivity contribution in [2.45, 2.75) is 43.9 Å². The Balaban J connectivity index is 1.57. The molecule has 1 saturated heterocycles. The first-order valence-corrected chi connectivity index (χ1v) is 8.12. The van der Waals surface area contributed by atoms with E-state index in [0.717, 1.165) is 19.0 Å². The number of piperidine rings is 1. The summed E-state index contributed by atoms with van der Waals surface area (Å²) >= 11 is 1.89. The third kappa shape index (κ3) is 2.60. The van der Waals surface area contributed by atoms with Gasteiger partial charge in [0, 0.05) is 30.3 Å². The van der Waals surface area contributed by atoms with Gasteiger partial charge in [-0.3, -0.25) is 0 Å². The standard InChI is InChI=1S/C14H23N3S/c15-6-9-17-7-4-12(5-8-17)14-16-13(10-18-14)11-2-1-3-11/h10-12H,1-9,15H2. The van der Waals surface area contributed by atoms with Crippen molar-refractivity contribution in [3.63, 3.8) is 0 Å². The summed E-state index contributed by atoms with van der Waals surface area (Å²) in [6.45, 7) is 4.23. The molecule has 4 heteroatoms. The Hall–Kier alpha value is -0.450. The summed E-state index contributed by atoms with van der Waals surface area (Å²) in [7, 11) is 0. The van der Waals surface area contributed by atoms with Gasteiger partial charge in [-0.05, 0) is 38.8 Å². The fraction of sp³-hybridized carbons (Fsp3) is 0.786. The first-order chi connectivity index (χ1) is 8.86. The van der Waals surface area contributed by atoms with Crippen LogP contribution in [0.2, 0.25) is 0 Å². The van der Waals surface area contributed by atoms with Gasteiger partial charge in [-0.1, -0.05) is 6.42 Å². The molecule has 0 atom stereocenters. The summed E-state index contributed by atoms with van der Waals surface area (Å²) in [6.07, 6.45) is 6.64. The summed E-state index contributed by atoms with van der Waals surface area (Å²) in [5, 5.41) is 3.70. The van der Waals surface area contributed by atoms with Crippen molar-refractivity contribution in [3.8, 4) is 0 Å². The van der Waals surface area contributed by atoms with E-state index >= 15 is 0 Å². The van der Waals surface area contributed by atoms with Gasteiger partial charge in [0.15, 0.2) is 0 Å². The zero-order chi connectivity index (χ0) is 12.4. The topological polar surface area (TPSA) is 42.1 Å². The van der Waals surface area contributed by atoms with Gasteiger partial charge in [0.25, 0.3) is 0 Å². The molecule has 1 aromatic heterocycles. The second-order valence-electron chi connectivity index (χ2n) is 5.64. The minimum atomic E-state index is 0.706. The van der Waals surface area contributed by atoms with E-state index in [1.165, 1.54) is 55.9 Å². The van der Waals surface area contributed by atoms with Crippen LogP contribution in [-0.4, -0.2) is 36.1 Å². The molecule has 2 heterocycles. The van der Waals surface area contributed by atoms with E-state index in [1.54, 1.807) is 0 Å². The van der Waals surface area contributed by atoms with Crippen molar-refractivity contribution < 1.29 is 0 Å². The van der Waals surface area contributed by atoms with E-state index in [1.807, 2.05) is 11.3 Å². The molecule has 2 N–H and O–H groups in total. The molecule has 0 spiro atoms. The van der Waals surface area contributed by atoms with E-state index in [-0.39, 0.29) is 0 Å². The van der Waals surface area contributed by atoms with Gasteiger partial charge in [0.1, 0.15) is 0 Å². The van der Waals surface area contributed by atoms with Gasteiger partial charge < -0.3 is 10.6 Å². The third-order valence-electron chi connectivity index (χ3n) is 4.45. The smallest absolute Gasteiger partial charge is 0.0960 e. The van der Waals surface area contributed by atoms with Gasteiger partial charge in [-0.15, -0.1) is 11.3 Å². The normalized spacial score (nSPS) is 23.2. The average molecular weight is 265 g/mol. The van der Waals surface area contributed by atoms with Gasteiger partial charge in [0.2, 0.25) is 0 Å². The number of aromatic nitrogens is 1. The number of hydrogen-bond donors (Lipinski definition) is 1. The lowest BCUT2D eigenvalue weighted by Gasteiger charge is -2.30. The highest BCUT2D eigenvalue weighted by molar-refractivity contribution is 7.09. The lowest BCUT2D eigenvalue weighted by atomic mass is 9.83. The van der Waals surface area contributed by atoms with Crippen LogP contribution in [0.15, 0.2) is 5.38 Å². The van der Waals surface area contributed by atoms with E-state index in [9.17, 15) is 0 Å². The van der Waals surface area contributed by atoms with E-state index in [4.69, 9.17) is 10.7 Å². The second kappa shape index (κ2) is 5.68. The largest absolute Gasteiger partial charge is 0.329 e. The minimum absolute atomic E-state index is 0.706. The van der Waals surface area contributed by atoms with Crippen LogP contribution in [0, 0.1) is 0 Å². The molecule has 0 bridgehead atoms. The molecule has 3 nitrogen and oxygen atoms in total. The molecule has 1 aromatic rings. The Kier molecular flexibility index (Phi) is 3.97. The molecule has 1 aliphatic carbocycles. The fourth-order valence-electron chi connectivity index (χ4n) is 2.97. The molecule has 0 unspecified atom stereocenters. The van der Waals surface area contributed by atoms with Gasteiger partial charge in [-0.25, -0.2) is 4.98 Å². The number of hydrogen-bond acceptors (Lipinski definition) is 4. The SMILES string of the molecule is NCCN1CCC(c2nc(C3CCC3)cs2)CC1. The maximum absolute atomic E-state index is 5.61. The predicted molar refractivity (Wildman–Crippen MR) is 76.2 cm³/mol. The highest BCUT2D eigenvalue weighted by Crippen LogP contribution is 2.38. The number of likely N-dealkylation sites (tertiary alicyclic amines) is 1. The van der Waals surface area contributed by atoms with Crippen molar-refractivity contribution in [2.24, 2.45) is 5.73 Å². The molecule has 2 fully saturated rings. The minimum Gasteiger partial charge on any atom is -0.329 e. The maximum atomic E-state index is 5.61. The molecule has 1 aliphatic heterocycles. The van der Waals surface area contributed by atoms with Crippen LogP contribution < -0.4 is 5.73 Å². The Morgan fingerprint density at radius 2 is 2.00 bits per heavy atom. The van der Waals surface area contributed by atoms with Crippen LogP contribution in [0.5, 0.6) is 0 Å². The quantitative estimate of drug-likeness (QED) is 0.909. The fourth-order valence-corrected chi connectivity index (χ4v) is 4.04. The van der Waals surface area contributed by atoms with Crippen LogP contribution in [0.1, 0.15) is 54.6 Å². The average Bonchev–Trinajstić information content (AvgIpc) is 2.77. The summed E-state index contributed by atoms with van der Waals surface area (Å²) in [6, 6.07) is 0. The van der Waals surface area contributed by atoms with Crippen LogP contribution in [0.4, 0.5) is 0 Å². The van der Waals surface area contributed by atoms with Crippen LogP contribution >= 0.6 is 11.3 Å². The zero-order valence-corrected chi connectivity index (χ0v) is 11.8. The summed E-state index contributed by atoms with van der Waals surface area (Å²) < 4.78 is 0. The molecule has 1 saturated carbocycles. The third-order valence-corrected chi connectivity index (χ3v) is 5.47. The summed E-state index contributed by atoms with van der Waals surface area (Å²) in [5.41, 5.74) is 6.99. The van der Waals surface area contributed by atoms with Crippen molar-refractivity contribution >= 4 is 11.3 Å². The Morgan fingerprint density at radius 3 is 2.61 bits per heavy atom. The van der Waals surface area contributed by atoms with E-state index < -0.39 is 0 Å². The molecule has 0 amide bonds. The van der Waals surface area contributed by atoms with Crippen LogP contribution in [0.3, 0.4) is 0 Å². The zero-order valence-electron chi connectivity index (χ0n) is 11.0. The van der Waals surface area contributed by atoms with Crippen molar-refractivity contribution in [2.75, 3.05) is 26.2 Å². The molecule has 3 rings (SSSR count). The first kappa shape index (κ1) is 12.6. The Bertz CT molecular complexity index is 378.